The summed E-state index contributed by atoms with van der Waals surface area (Å²) in [4.78, 5) is 7.37. The minimum atomic E-state index is 0.649. The first kappa shape index (κ1) is 12.3. The Bertz CT molecular complexity index is 314. The molecule has 1 heterocycles. The van der Waals surface area contributed by atoms with E-state index < -0.39 is 0 Å². The minimum absolute atomic E-state index is 0.649. The maximum atomic E-state index is 4.84. The Kier molecular flexibility index (Phi) is 3.49. The molecule has 0 atom stereocenters. The summed E-state index contributed by atoms with van der Waals surface area (Å²) in [5.74, 6) is 2.08. The van der Waals surface area contributed by atoms with Crippen LogP contribution in [0.2, 0.25) is 0 Å². The molecule has 3 fully saturated rings. The van der Waals surface area contributed by atoms with Gasteiger partial charge in [0.25, 0.3) is 0 Å². The Labute approximate surface area is 111 Å². The highest BCUT2D eigenvalue weighted by molar-refractivity contribution is 5.80. The van der Waals surface area contributed by atoms with Gasteiger partial charge >= 0.3 is 0 Å². The molecule has 0 aromatic carbocycles. The molecule has 1 spiro atoms. The average molecular weight is 249 g/mol. The fourth-order valence-corrected chi connectivity index (χ4v) is 3.59. The van der Waals surface area contributed by atoms with Crippen molar-refractivity contribution in [3.05, 3.63) is 0 Å². The Morgan fingerprint density at radius 3 is 2.72 bits per heavy atom. The molecule has 1 saturated heterocycles. The Morgan fingerprint density at radius 1 is 1.28 bits per heavy atom. The number of likely N-dealkylation sites (tertiary alicyclic amines) is 1. The molecule has 0 aromatic rings. The summed E-state index contributed by atoms with van der Waals surface area (Å²) in [7, 11) is 0. The lowest BCUT2D eigenvalue weighted by Crippen LogP contribution is -2.41. The first-order chi connectivity index (χ1) is 8.81. The molecule has 0 amide bonds. The van der Waals surface area contributed by atoms with Gasteiger partial charge in [0, 0.05) is 26.2 Å². The molecule has 102 valence electrons. The standard InChI is InChI=1S/C15H27N3/c1-2-16-14(17-11-13-5-6-13)18-10-9-15(12-18)7-3-4-8-15/h13H,2-12H2,1H3,(H,16,17). The zero-order chi connectivity index (χ0) is 12.4. The number of aliphatic imine (C=N–C) groups is 1. The first-order valence-corrected chi connectivity index (χ1v) is 7.85. The molecular formula is C15H27N3. The van der Waals surface area contributed by atoms with Crippen molar-refractivity contribution in [2.45, 2.75) is 51.9 Å². The van der Waals surface area contributed by atoms with Gasteiger partial charge in [-0.05, 0) is 50.4 Å². The van der Waals surface area contributed by atoms with Crippen LogP contribution in [-0.2, 0) is 0 Å². The van der Waals surface area contributed by atoms with E-state index in [9.17, 15) is 0 Å². The maximum Gasteiger partial charge on any atom is 0.193 e. The van der Waals surface area contributed by atoms with Crippen molar-refractivity contribution in [2.24, 2.45) is 16.3 Å². The fourth-order valence-electron chi connectivity index (χ4n) is 3.59. The van der Waals surface area contributed by atoms with Crippen LogP contribution in [0.5, 0.6) is 0 Å². The molecule has 1 aliphatic heterocycles. The van der Waals surface area contributed by atoms with E-state index >= 15 is 0 Å². The third-order valence-corrected chi connectivity index (χ3v) is 4.93. The maximum absolute atomic E-state index is 4.84. The van der Waals surface area contributed by atoms with Gasteiger partial charge < -0.3 is 10.2 Å². The number of nitrogens with zero attached hydrogens (tertiary/aromatic N) is 2. The molecule has 0 aromatic heterocycles. The zero-order valence-corrected chi connectivity index (χ0v) is 11.7. The molecule has 18 heavy (non-hydrogen) atoms. The van der Waals surface area contributed by atoms with Crippen LogP contribution in [-0.4, -0.2) is 37.0 Å². The highest BCUT2D eigenvalue weighted by atomic mass is 15.3. The number of hydrogen-bond donors (Lipinski definition) is 1. The number of hydrogen-bond acceptors (Lipinski definition) is 1. The smallest absolute Gasteiger partial charge is 0.193 e. The van der Waals surface area contributed by atoms with E-state index in [4.69, 9.17) is 4.99 Å². The van der Waals surface area contributed by atoms with Crippen LogP contribution in [0.1, 0.15) is 51.9 Å². The highest BCUT2D eigenvalue weighted by Crippen LogP contribution is 2.45. The van der Waals surface area contributed by atoms with Crippen LogP contribution >= 0.6 is 0 Å². The summed E-state index contributed by atoms with van der Waals surface area (Å²) in [5, 5.41) is 3.49. The Balaban J connectivity index is 1.61. The van der Waals surface area contributed by atoms with Gasteiger partial charge in [0.2, 0.25) is 0 Å². The van der Waals surface area contributed by atoms with Crippen LogP contribution in [0.4, 0.5) is 0 Å². The van der Waals surface area contributed by atoms with Gasteiger partial charge in [-0.15, -0.1) is 0 Å². The first-order valence-electron chi connectivity index (χ1n) is 7.85. The lowest BCUT2D eigenvalue weighted by molar-refractivity contribution is 0.309. The van der Waals surface area contributed by atoms with Crippen molar-refractivity contribution < 1.29 is 0 Å². The summed E-state index contributed by atoms with van der Waals surface area (Å²) >= 11 is 0. The SMILES string of the molecule is CCNC(=NCC1CC1)N1CCC2(CCCC2)C1. The quantitative estimate of drug-likeness (QED) is 0.615. The van der Waals surface area contributed by atoms with Crippen LogP contribution in [0.3, 0.4) is 0 Å². The number of guanidine groups is 1. The average Bonchev–Trinajstić information content (AvgIpc) is 2.95. The zero-order valence-electron chi connectivity index (χ0n) is 11.7. The van der Waals surface area contributed by atoms with Gasteiger partial charge in [0.1, 0.15) is 0 Å². The van der Waals surface area contributed by atoms with E-state index in [1.54, 1.807) is 0 Å². The van der Waals surface area contributed by atoms with E-state index in [-0.39, 0.29) is 0 Å². The number of rotatable bonds is 3. The van der Waals surface area contributed by atoms with Crippen LogP contribution < -0.4 is 5.32 Å². The third kappa shape index (κ3) is 2.65. The van der Waals surface area contributed by atoms with Gasteiger partial charge in [-0.1, -0.05) is 12.8 Å². The van der Waals surface area contributed by atoms with Gasteiger partial charge in [0.05, 0.1) is 0 Å². The molecule has 2 aliphatic carbocycles. The third-order valence-electron chi connectivity index (χ3n) is 4.93. The van der Waals surface area contributed by atoms with E-state index in [0.29, 0.717) is 5.41 Å². The molecule has 3 aliphatic rings. The highest BCUT2D eigenvalue weighted by Gasteiger charge is 2.41. The van der Waals surface area contributed by atoms with Gasteiger partial charge in [0.15, 0.2) is 5.96 Å². The van der Waals surface area contributed by atoms with Gasteiger partial charge in [-0.3, -0.25) is 4.99 Å². The van der Waals surface area contributed by atoms with Crippen LogP contribution in [0, 0.1) is 11.3 Å². The van der Waals surface area contributed by atoms with Crippen molar-refractivity contribution in [1.29, 1.82) is 0 Å². The molecule has 0 bridgehead atoms. The summed E-state index contributed by atoms with van der Waals surface area (Å²) in [6.07, 6.45) is 9.98. The van der Waals surface area contributed by atoms with Crippen LogP contribution in [0.25, 0.3) is 0 Å². The molecule has 1 N–H and O–H groups in total. The van der Waals surface area contributed by atoms with Crippen molar-refractivity contribution in [1.82, 2.24) is 10.2 Å². The molecule has 3 nitrogen and oxygen atoms in total. The summed E-state index contributed by atoms with van der Waals surface area (Å²) in [6, 6.07) is 0. The largest absolute Gasteiger partial charge is 0.357 e. The second-order valence-electron chi connectivity index (χ2n) is 6.52. The van der Waals surface area contributed by atoms with Crippen molar-refractivity contribution in [3.63, 3.8) is 0 Å². The summed E-state index contributed by atoms with van der Waals surface area (Å²) in [5.41, 5.74) is 0.649. The van der Waals surface area contributed by atoms with Crippen molar-refractivity contribution in [2.75, 3.05) is 26.2 Å². The molecule has 2 saturated carbocycles. The predicted octanol–water partition coefficient (Wildman–Crippen LogP) is 2.63. The van der Waals surface area contributed by atoms with Crippen molar-refractivity contribution >= 4 is 5.96 Å². The van der Waals surface area contributed by atoms with Gasteiger partial charge in [-0.2, -0.15) is 0 Å². The topological polar surface area (TPSA) is 27.6 Å². The Hall–Kier alpha value is -0.730. The monoisotopic (exact) mass is 249 g/mol. The predicted molar refractivity (Wildman–Crippen MR) is 75.8 cm³/mol. The van der Waals surface area contributed by atoms with Crippen LogP contribution in [0.15, 0.2) is 4.99 Å². The molecular weight excluding hydrogens is 222 g/mol. The van der Waals surface area contributed by atoms with E-state index in [1.165, 1.54) is 64.0 Å². The van der Waals surface area contributed by atoms with Crippen molar-refractivity contribution in [3.8, 4) is 0 Å². The lowest BCUT2D eigenvalue weighted by atomic mass is 9.86. The van der Waals surface area contributed by atoms with E-state index in [0.717, 1.165) is 19.0 Å². The molecule has 0 unspecified atom stereocenters. The minimum Gasteiger partial charge on any atom is -0.357 e. The Morgan fingerprint density at radius 2 is 2.06 bits per heavy atom. The fraction of sp³-hybridized carbons (Fsp3) is 0.933. The van der Waals surface area contributed by atoms with E-state index in [2.05, 4.69) is 17.1 Å². The molecule has 3 rings (SSSR count). The molecule has 3 heteroatoms. The lowest BCUT2D eigenvalue weighted by Gasteiger charge is -2.26. The van der Waals surface area contributed by atoms with E-state index in [1.807, 2.05) is 0 Å². The number of nitrogens with one attached hydrogen (secondary N) is 1. The normalized spacial score (nSPS) is 27.2. The summed E-state index contributed by atoms with van der Waals surface area (Å²) in [6.45, 7) is 6.69. The van der Waals surface area contributed by atoms with Gasteiger partial charge in [-0.25, -0.2) is 0 Å². The molecule has 0 radical (unpaired) electrons. The summed E-state index contributed by atoms with van der Waals surface area (Å²) < 4.78 is 0. The second-order valence-corrected chi connectivity index (χ2v) is 6.52. The second kappa shape index (κ2) is 5.10.